The zero-order chi connectivity index (χ0) is 12.8. The van der Waals surface area contributed by atoms with Crippen molar-refractivity contribution in [3.8, 4) is 0 Å². The van der Waals surface area contributed by atoms with E-state index in [4.69, 9.17) is 16.4 Å². The molecule has 0 bridgehead atoms. The highest BCUT2D eigenvalue weighted by Gasteiger charge is 1.93. The smallest absolute Gasteiger partial charge is 0.142 e. The molecule has 0 aromatic heterocycles. The van der Waals surface area contributed by atoms with Gasteiger partial charge in [-0.25, -0.2) is 4.39 Å². The van der Waals surface area contributed by atoms with Gasteiger partial charge >= 0.3 is 0 Å². The lowest BCUT2D eigenvalue weighted by atomic mass is 10.2. The number of nitrogens with zero attached hydrogens (tertiary/aromatic N) is 1. The molecule has 0 atom stereocenters. The summed E-state index contributed by atoms with van der Waals surface area (Å²) in [5.41, 5.74) is 1.77. The first-order valence-electron chi connectivity index (χ1n) is 5.39. The Morgan fingerprint density at radius 1 is 1.06 bits per heavy atom. The third-order valence-corrected chi connectivity index (χ3v) is 2.54. The van der Waals surface area contributed by atoms with E-state index >= 15 is 0 Å². The highest BCUT2D eigenvalue weighted by Crippen LogP contribution is 2.08. The summed E-state index contributed by atoms with van der Waals surface area (Å²) >= 11 is 5.76. The fourth-order valence-corrected chi connectivity index (χ4v) is 1.47. The molecule has 0 aliphatic rings. The Morgan fingerprint density at radius 2 is 1.72 bits per heavy atom. The number of hydrogen-bond acceptors (Lipinski definition) is 2. The molecule has 0 unspecified atom stereocenters. The van der Waals surface area contributed by atoms with Crippen LogP contribution in [0, 0.1) is 5.82 Å². The number of oxime groups is 1. The van der Waals surface area contributed by atoms with Gasteiger partial charge in [-0.2, -0.15) is 0 Å². The number of benzene rings is 2. The molecule has 0 N–H and O–H groups in total. The van der Waals surface area contributed by atoms with Gasteiger partial charge in [0.2, 0.25) is 0 Å². The molecule has 2 aromatic rings. The van der Waals surface area contributed by atoms with Crippen LogP contribution in [-0.4, -0.2) is 6.21 Å². The molecule has 0 saturated heterocycles. The van der Waals surface area contributed by atoms with Crippen LogP contribution in [0.2, 0.25) is 5.02 Å². The summed E-state index contributed by atoms with van der Waals surface area (Å²) in [5, 5.41) is 4.51. The maximum atomic E-state index is 12.6. The van der Waals surface area contributed by atoms with E-state index in [1.54, 1.807) is 30.5 Å². The molecule has 2 aromatic carbocycles. The Hall–Kier alpha value is -1.87. The van der Waals surface area contributed by atoms with Crippen LogP contribution in [0.5, 0.6) is 0 Å². The lowest BCUT2D eigenvalue weighted by Crippen LogP contribution is -1.88. The zero-order valence-electron chi connectivity index (χ0n) is 9.51. The fourth-order valence-electron chi connectivity index (χ4n) is 1.34. The lowest BCUT2D eigenvalue weighted by Gasteiger charge is -1.99. The molecule has 0 heterocycles. The molecule has 0 spiro atoms. The summed E-state index contributed by atoms with van der Waals surface area (Å²) in [4.78, 5) is 5.11. The van der Waals surface area contributed by atoms with Gasteiger partial charge in [0.15, 0.2) is 0 Å². The van der Waals surface area contributed by atoms with Crippen molar-refractivity contribution in [3.63, 3.8) is 0 Å². The largest absolute Gasteiger partial charge is 0.391 e. The first-order valence-corrected chi connectivity index (χ1v) is 5.77. The molecule has 0 aliphatic carbocycles. The van der Waals surface area contributed by atoms with E-state index in [1.165, 1.54) is 12.1 Å². The van der Waals surface area contributed by atoms with Gasteiger partial charge in [-0.3, -0.25) is 0 Å². The Kier molecular flexibility index (Phi) is 4.31. The summed E-state index contributed by atoms with van der Waals surface area (Å²) in [5.74, 6) is -0.261. The SMILES string of the molecule is Fc1ccc(CON=Cc2ccc(Cl)cc2)cc1. The highest BCUT2D eigenvalue weighted by atomic mass is 35.5. The predicted molar refractivity (Wildman–Crippen MR) is 70.2 cm³/mol. The van der Waals surface area contributed by atoms with Crippen molar-refractivity contribution in [2.45, 2.75) is 6.61 Å². The van der Waals surface area contributed by atoms with Crippen LogP contribution in [0.25, 0.3) is 0 Å². The third-order valence-electron chi connectivity index (χ3n) is 2.29. The predicted octanol–water partition coefficient (Wildman–Crippen LogP) is 4.03. The molecule has 4 heteroatoms. The van der Waals surface area contributed by atoms with Gasteiger partial charge in [-0.1, -0.05) is 41.0 Å². The third kappa shape index (κ3) is 3.86. The van der Waals surface area contributed by atoms with Crippen molar-refractivity contribution in [3.05, 3.63) is 70.5 Å². The second kappa shape index (κ2) is 6.17. The first-order chi connectivity index (χ1) is 8.74. The number of hydrogen-bond donors (Lipinski definition) is 0. The van der Waals surface area contributed by atoms with Crippen molar-refractivity contribution in [2.24, 2.45) is 5.16 Å². The Bertz CT molecular complexity index is 522. The van der Waals surface area contributed by atoms with Gasteiger partial charge in [0, 0.05) is 5.02 Å². The monoisotopic (exact) mass is 263 g/mol. The number of halogens is 2. The second-order valence-electron chi connectivity index (χ2n) is 3.69. The van der Waals surface area contributed by atoms with Crippen LogP contribution in [0.15, 0.2) is 53.7 Å². The van der Waals surface area contributed by atoms with Crippen LogP contribution in [0.1, 0.15) is 11.1 Å². The second-order valence-corrected chi connectivity index (χ2v) is 4.12. The molecule has 18 heavy (non-hydrogen) atoms. The topological polar surface area (TPSA) is 21.6 Å². The number of rotatable bonds is 4. The Labute approximate surface area is 110 Å². The van der Waals surface area contributed by atoms with E-state index in [1.807, 2.05) is 12.1 Å². The molecule has 0 amide bonds. The van der Waals surface area contributed by atoms with Crippen LogP contribution in [0.4, 0.5) is 4.39 Å². The molecule has 92 valence electrons. The van der Waals surface area contributed by atoms with Crippen molar-refractivity contribution in [1.82, 2.24) is 0 Å². The van der Waals surface area contributed by atoms with E-state index in [0.29, 0.717) is 11.6 Å². The van der Waals surface area contributed by atoms with E-state index in [9.17, 15) is 4.39 Å². The lowest BCUT2D eigenvalue weighted by molar-refractivity contribution is 0.132. The molecule has 0 aliphatic heterocycles. The van der Waals surface area contributed by atoms with Gasteiger partial charge < -0.3 is 4.84 Å². The van der Waals surface area contributed by atoms with Gasteiger partial charge in [0.1, 0.15) is 12.4 Å². The summed E-state index contributed by atoms with van der Waals surface area (Å²) in [6.07, 6.45) is 1.60. The summed E-state index contributed by atoms with van der Waals surface area (Å²) in [6, 6.07) is 13.3. The normalized spacial score (nSPS) is 10.8. The Balaban J connectivity index is 1.84. The molecule has 0 saturated carbocycles. The quantitative estimate of drug-likeness (QED) is 0.603. The highest BCUT2D eigenvalue weighted by molar-refractivity contribution is 6.30. The standard InChI is InChI=1S/C14H11ClFNO/c15-13-5-1-11(2-6-13)9-17-18-10-12-3-7-14(16)8-4-12/h1-9H,10H2. The molecule has 0 radical (unpaired) electrons. The maximum absolute atomic E-state index is 12.6. The molecule has 2 rings (SSSR count). The minimum absolute atomic E-state index is 0.261. The molecular weight excluding hydrogens is 253 g/mol. The average Bonchev–Trinajstić information content (AvgIpc) is 2.39. The van der Waals surface area contributed by atoms with Gasteiger partial charge in [0.25, 0.3) is 0 Å². The summed E-state index contributed by atoms with van der Waals surface area (Å²) in [6.45, 7) is 0.310. The minimum Gasteiger partial charge on any atom is -0.391 e. The summed E-state index contributed by atoms with van der Waals surface area (Å²) in [7, 11) is 0. The zero-order valence-corrected chi connectivity index (χ0v) is 10.3. The van der Waals surface area contributed by atoms with Crippen molar-refractivity contribution in [1.29, 1.82) is 0 Å². The fraction of sp³-hybridized carbons (Fsp3) is 0.0714. The van der Waals surface area contributed by atoms with E-state index in [2.05, 4.69) is 5.16 Å². The van der Waals surface area contributed by atoms with Gasteiger partial charge in [0.05, 0.1) is 6.21 Å². The first kappa shape index (κ1) is 12.6. The van der Waals surface area contributed by atoms with Crippen LogP contribution < -0.4 is 0 Å². The van der Waals surface area contributed by atoms with Gasteiger partial charge in [-0.05, 0) is 35.4 Å². The van der Waals surface area contributed by atoms with E-state index < -0.39 is 0 Å². The minimum atomic E-state index is -0.261. The van der Waals surface area contributed by atoms with Crippen molar-refractivity contribution in [2.75, 3.05) is 0 Å². The van der Waals surface area contributed by atoms with Crippen LogP contribution in [-0.2, 0) is 11.4 Å². The van der Waals surface area contributed by atoms with Crippen LogP contribution >= 0.6 is 11.6 Å². The summed E-state index contributed by atoms with van der Waals surface area (Å²) < 4.78 is 12.6. The maximum Gasteiger partial charge on any atom is 0.142 e. The molecular formula is C14H11ClFNO. The Morgan fingerprint density at radius 3 is 2.39 bits per heavy atom. The van der Waals surface area contributed by atoms with Crippen LogP contribution in [0.3, 0.4) is 0 Å². The van der Waals surface area contributed by atoms with E-state index in [0.717, 1.165) is 11.1 Å². The van der Waals surface area contributed by atoms with E-state index in [-0.39, 0.29) is 5.82 Å². The van der Waals surface area contributed by atoms with Crippen molar-refractivity contribution >= 4 is 17.8 Å². The molecule has 2 nitrogen and oxygen atoms in total. The van der Waals surface area contributed by atoms with Gasteiger partial charge in [-0.15, -0.1) is 0 Å². The average molecular weight is 264 g/mol. The molecule has 0 fully saturated rings. The van der Waals surface area contributed by atoms with Crippen molar-refractivity contribution < 1.29 is 9.23 Å².